The first-order valence-corrected chi connectivity index (χ1v) is 9.75. The van der Waals surface area contributed by atoms with Crippen LogP contribution in [0.3, 0.4) is 0 Å². The third kappa shape index (κ3) is 5.74. The van der Waals surface area contributed by atoms with Crippen molar-refractivity contribution in [1.82, 2.24) is 4.98 Å². The van der Waals surface area contributed by atoms with E-state index in [4.69, 9.17) is 4.74 Å². The summed E-state index contributed by atoms with van der Waals surface area (Å²) >= 11 is 4.76. The fraction of sp³-hybridized carbons (Fsp3) is 0.100. The van der Waals surface area contributed by atoms with Gasteiger partial charge in [-0.05, 0) is 48.9 Å². The van der Waals surface area contributed by atoms with E-state index in [0.717, 1.165) is 22.0 Å². The van der Waals surface area contributed by atoms with E-state index in [-0.39, 0.29) is 5.69 Å². The zero-order valence-electron chi connectivity index (χ0n) is 14.4. The van der Waals surface area contributed by atoms with Gasteiger partial charge < -0.3 is 10.1 Å². The molecule has 2 aromatic carbocycles. The maximum absolute atomic E-state index is 13.7. The molecule has 0 radical (unpaired) electrons. The number of carbonyl (C=O) groups is 1. The molecule has 0 aliphatic rings. The van der Waals surface area contributed by atoms with Gasteiger partial charge in [-0.1, -0.05) is 28.1 Å². The Morgan fingerprint density at radius 3 is 2.74 bits per heavy atom. The summed E-state index contributed by atoms with van der Waals surface area (Å²) in [5.41, 5.74) is 1.87. The summed E-state index contributed by atoms with van der Waals surface area (Å²) in [5.74, 6) is -0.183. The van der Waals surface area contributed by atoms with Crippen molar-refractivity contribution in [2.75, 3.05) is 5.32 Å². The fourth-order valence-electron chi connectivity index (χ4n) is 2.24. The molecule has 0 unspecified atom stereocenters. The molecule has 0 spiro atoms. The Balaban J connectivity index is 1.54. The SMILES string of the molecule is Cc1nc(COc2ccc(C=CC(=O)Nc3ccc(Br)cc3F)cc2)cs1. The summed E-state index contributed by atoms with van der Waals surface area (Å²) in [7, 11) is 0. The Hall–Kier alpha value is -2.51. The molecule has 1 heterocycles. The van der Waals surface area contributed by atoms with Crippen LogP contribution >= 0.6 is 27.3 Å². The minimum absolute atomic E-state index is 0.133. The van der Waals surface area contributed by atoms with Crippen LogP contribution in [-0.4, -0.2) is 10.9 Å². The number of ether oxygens (including phenoxy) is 1. The molecule has 3 rings (SSSR count). The van der Waals surface area contributed by atoms with Crippen LogP contribution in [0.25, 0.3) is 6.08 Å². The number of aromatic nitrogens is 1. The second-order valence-electron chi connectivity index (χ2n) is 5.66. The molecule has 4 nitrogen and oxygen atoms in total. The number of rotatable bonds is 6. The van der Waals surface area contributed by atoms with Gasteiger partial charge in [0.1, 0.15) is 18.2 Å². The number of nitrogens with zero attached hydrogens (tertiary/aromatic N) is 1. The summed E-state index contributed by atoms with van der Waals surface area (Å²) in [6.45, 7) is 2.37. The number of carbonyl (C=O) groups excluding carboxylic acids is 1. The minimum atomic E-state index is -0.497. The molecule has 7 heteroatoms. The van der Waals surface area contributed by atoms with Crippen LogP contribution in [0, 0.1) is 12.7 Å². The zero-order valence-corrected chi connectivity index (χ0v) is 16.8. The first-order valence-electron chi connectivity index (χ1n) is 8.07. The Morgan fingerprint density at radius 2 is 2.07 bits per heavy atom. The second-order valence-corrected chi connectivity index (χ2v) is 7.64. The van der Waals surface area contributed by atoms with E-state index < -0.39 is 11.7 Å². The van der Waals surface area contributed by atoms with E-state index in [1.165, 1.54) is 18.2 Å². The Labute approximate surface area is 168 Å². The average Bonchev–Trinajstić information content (AvgIpc) is 3.07. The number of halogens is 2. The molecule has 3 aromatic rings. The molecule has 0 aliphatic carbocycles. The van der Waals surface area contributed by atoms with Gasteiger partial charge in [-0.25, -0.2) is 9.37 Å². The highest BCUT2D eigenvalue weighted by Crippen LogP contribution is 2.20. The van der Waals surface area contributed by atoms with Crippen molar-refractivity contribution >= 4 is 44.9 Å². The molecular formula is C20H16BrFN2O2S. The number of anilines is 1. The van der Waals surface area contributed by atoms with E-state index >= 15 is 0 Å². The Morgan fingerprint density at radius 1 is 1.30 bits per heavy atom. The van der Waals surface area contributed by atoms with Crippen LogP contribution < -0.4 is 10.1 Å². The lowest BCUT2D eigenvalue weighted by Gasteiger charge is -2.05. The molecule has 1 aromatic heterocycles. The van der Waals surface area contributed by atoms with E-state index in [0.29, 0.717) is 11.1 Å². The lowest BCUT2D eigenvalue weighted by atomic mass is 10.2. The molecular weight excluding hydrogens is 431 g/mol. The van der Waals surface area contributed by atoms with Crippen LogP contribution in [-0.2, 0) is 11.4 Å². The van der Waals surface area contributed by atoms with Crippen LogP contribution in [0.15, 0.2) is 58.4 Å². The third-order valence-corrected chi connectivity index (χ3v) is 4.87. The van der Waals surface area contributed by atoms with Crippen molar-refractivity contribution in [3.8, 4) is 5.75 Å². The van der Waals surface area contributed by atoms with E-state index in [1.54, 1.807) is 23.5 Å². The lowest BCUT2D eigenvalue weighted by molar-refractivity contribution is -0.111. The molecule has 0 saturated carbocycles. The van der Waals surface area contributed by atoms with Gasteiger partial charge in [0.05, 0.1) is 16.4 Å². The molecule has 1 N–H and O–H groups in total. The maximum Gasteiger partial charge on any atom is 0.248 e. The van der Waals surface area contributed by atoms with Crippen LogP contribution in [0.5, 0.6) is 5.75 Å². The van der Waals surface area contributed by atoms with Gasteiger partial charge >= 0.3 is 0 Å². The van der Waals surface area contributed by atoms with E-state index in [9.17, 15) is 9.18 Å². The summed E-state index contributed by atoms with van der Waals surface area (Å²) in [6.07, 6.45) is 3.01. The summed E-state index contributed by atoms with van der Waals surface area (Å²) in [6, 6.07) is 11.8. The third-order valence-electron chi connectivity index (χ3n) is 3.55. The van der Waals surface area contributed by atoms with Crippen molar-refractivity contribution in [2.45, 2.75) is 13.5 Å². The molecule has 0 fully saturated rings. The lowest BCUT2D eigenvalue weighted by Crippen LogP contribution is -2.09. The van der Waals surface area contributed by atoms with Crippen LogP contribution in [0.4, 0.5) is 10.1 Å². The standard InChI is InChI=1S/C20H16BrFN2O2S/c1-13-23-16(12-27-13)11-26-17-6-2-14(3-7-17)4-9-20(25)24-19-8-5-15(21)10-18(19)22/h2-10,12H,11H2,1H3,(H,24,25). The number of hydrogen-bond donors (Lipinski definition) is 1. The van der Waals surface area contributed by atoms with E-state index in [1.807, 2.05) is 36.6 Å². The van der Waals surface area contributed by atoms with Gasteiger partial charge in [-0.3, -0.25) is 4.79 Å². The normalized spacial score (nSPS) is 10.9. The topological polar surface area (TPSA) is 51.2 Å². The molecule has 0 aliphatic heterocycles. The summed E-state index contributed by atoms with van der Waals surface area (Å²) in [5, 5.41) is 5.49. The van der Waals surface area contributed by atoms with Crippen molar-refractivity contribution in [3.63, 3.8) is 0 Å². The monoisotopic (exact) mass is 446 g/mol. The number of nitrogens with one attached hydrogen (secondary N) is 1. The van der Waals surface area contributed by atoms with E-state index in [2.05, 4.69) is 26.2 Å². The van der Waals surface area contributed by atoms with Crippen molar-refractivity contribution in [2.24, 2.45) is 0 Å². The fourth-order valence-corrected chi connectivity index (χ4v) is 3.17. The molecule has 0 bridgehead atoms. The van der Waals surface area contributed by atoms with Crippen LogP contribution in [0.2, 0.25) is 0 Å². The van der Waals surface area contributed by atoms with Gasteiger partial charge in [-0.2, -0.15) is 0 Å². The highest BCUT2D eigenvalue weighted by atomic mass is 79.9. The number of hydrogen-bond acceptors (Lipinski definition) is 4. The first-order chi connectivity index (χ1) is 13.0. The maximum atomic E-state index is 13.7. The van der Waals surface area contributed by atoms with Gasteiger partial charge in [0.2, 0.25) is 5.91 Å². The average molecular weight is 447 g/mol. The van der Waals surface area contributed by atoms with Gasteiger partial charge in [0, 0.05) is 15.9 Å². The number of thiazole rings is 1. The van der Waals surface area contributed by atoms with Gasteiger partial charge in [0.25, 0.3) is 0 Å². The second kappa shape index (κ2) is 8.92. The highest BCUT2D eigenvalue weighted by molar-refractivity contribution is 9.10. The summed E-state index contributed by atoms with van der Waals surface area (Å²) in [4.78, 5) is 16.3. The Kier molecular flexibility index (Phi) is 6.36. The smallest absolute Gasteiger partial charge is 0.248 e. The molecule has 1 amide bonds. The number of aryl methyl sites for hydroxylation is 1. The van der Waals surface area contributed by atoms with Gasteiger partial charge in [-0.15, -0.1) is 11.3 Å². The first kappa shape index (κ1) is 19.3. The van der Waals surface area contributed by atoms with Crippen LogP contribution in [0.1, 0.15) is 16.3 Å². The molecule has 0 saturated heterocycles. The summed E-state index contributed by atoms with van der Waals surface area (Å²) < 4.78 is 20.0. The van der Waals surface area contributed by atoms with Crippen molar-refractivity contribution < 1.29 is 13.9 Å². The highest BCUT2D eigenvalue weighted by Gasteiger charge is 2.05. The minimum Gasteiger partial charge on any atom is -0.487 e. The quantitative estimate of drug-likeness (QED) is 0.502. The largest absolute Gasteiger partial charge is 0.487 e. The Bertz CT molecular complexity index is 970. The molecule has 0 atom stereocenters. The molecule has 27 heavy (non-hydrogen) atoms. The number of amides is 1. The molecule has 138 valence electrons. The van der Waals surface area contributed by atoms with Crippen molar-refractivity contribution in [3.05, 3.63) is 80.5 Å². The van der Waals surface area contributed by atoms with Crippen molar-refractivity contribution in [1.29, 1.82) is 0 Å². The predicted molar refractivity (Wildman–Crippen MR) is 109 cm³/mol. The zero-order chi connectivity index (χ0) is 19.2. The predicted octanol–water partition coefficient (Wildman–Crippen LogP) is 5.58. The van der Waals surface area contributed by atoms with Gasteiger partial charge in [0.15, 0.2) is 0 Å². The number of benzene rings is 2.